The quantitative estimate of drug-likeness (QED) is 0.203. The van der Waals surface area contributed by atoms with Gasteiger partial charge in [0.15, 0.2) is 5.75 Å². The van der Waals surface area contributed by atoms with Crippen LogP contribution in [0.2, 0.25) is 0 Å². The highest BCUT2D eigenvalue weighted by molar-refractivity contribution is 14.1. The van der Waals surface area contributed by atoms with Gasteiger partial charge in [0, 0.05) is 44.5 Å². The van der Waals surface area contributed by atoms with E-state index in [1.165, 1.54) is 7.05 Å². The number of fused-ring (bicyclic) bond motifs is 1. The molecule has 5 N–H and O–H groups in total. The molecule has 0 bridgehead atoms. The molecule has 0 saturated heterocycles. The maximum absolute atomic E-state index is 13.5. The number of nitrogens with one attached hydrogen (secondary N) is 3. The topological polar surface area (TPSA) is 123 Å². The Kier molecular flexibility index (Phi) is 6.00. The van der Waals surface area contributed by atoms with Crippen LogP contribution in [0.3, 0.4) is 0 Å². The van der Waals surface area contributed by atoms with Crippen LogP contribution in [0.25, 0.3) is 10.9 Å². The van der Waals surface area contributed by atoms with E-state index in [2.05, 4.69) is 48.1 Å². The van der Waals surface area contributed by atoms with E-state index in [0.717, 1.165) is 37.2 Å². The number of aromatic nitrogens is 2. The molecule has 178 valence electrons. The van der Waals surface area contributed by atoms with Gasteiger partial charge in [-0.1, -0.05) is 6.07 Å². The maximum Gasteiger partial charge on any atom is 0.256 e. The summed E-state index contributed by atoms with van der Waals surface area (Å²) in [5, 5.41) is 9.68. The molecule has 2 aliphatic rings. The largest absolute Gasteiger partial charge is 0.489 e. The monoisotopic (exact) mass is 574 g/mol. The van der Waals surface area contributed by atoms with Crippen LogP contribution in [0, 0.1) is 3.57 Å². The molecule has 1 aliphatic heterocycles. The third kappa shape index (κ3) is 3.64. The number of hydrogen-bond donors (Lipinski definition) is 4. The van der Waals surface area contributed by atoms with Gasteiger partial charge in [0.05, 0.1) is 32.5 Å². The number of nitrogens with zero attached hydrogens (tertiary/aromatic N) is 2. The molecular formula is C24H27IN6O3. The van der Waals surface area contributed by atoms with Gasteiger partial charge in [-0.15, -0.1) is 0 Å². The number of benzene rings is 1. The van der Waals surface area contributed by atoms with Gasteiger partial charge in [-0.2, -0.15) is 0 Å². The SMILES string of the molecule is CNC(=O)c1cn2c3c(c(NCCNc4ccccn4)c(I)c(N)c3c1=O)OCCC21CCC1. The van der Waals surface area contributed by atoms with Crippen LogP contribution in [0.15, 0.2) is 35.4 Å². The second-order valence-corrected chi connectivity index (χ2v) is 9.80. The number of carbonyl (C=O) groups excluding carboxylic acids is 1. The Balaban J connectivity index is 1.62. The first-order valence-electron chi connectivity index (χ1n) is 11.4. The summed E-state index contributed by atoms with van der Waals surface area (Å²) < 4.78 is 9.11. The number of pyridine rings is 2. The number of ether oxygens (including phenoxy) is 1. The van der Waals surface area contributed by atoms with Crippen molar-refractivity contribution >= 4 is 56.6 Å². The number of carbonyl (C=O) groups is 1. The first kappa shape index (κ1) is 22.8. The summed E-state index contributed by atoms with van der Waals surface area (Å²) in [4.78, 5) is 30.3. The maximum atomic E-state index is 13.5. The third-order valence-electron chi connectivity index (χ3n) is 6.85. The van der Waals surface area contributed by atoms with Crippen LogP contribution >= 0.6 is 22.6 Å². The van der Waals surface area contributed by atoms with Gasteiger partial charge in [-0.05, 0) is 54.0 Å². The fourth-order valence-electron chi connectivity index (χ4n) is 4.90. The van der Waals surface area contributed by atoms with Crippen LogP contribution in [-0.4, -0.2) is 42.2 Å². The number of amides is 1. The Hall–Kier alpha value is -3.02. The number of rotatable bonds is 6. The third-order valence-corrected chi connectivity index (χ3v) is 7.97. The van der Waals surface area contributed by atoms with Crippen molar-refractivity contribution in [2.75, 3.05) is 43.1 Å². The molecule has 1 aliphatic carbocycles. The second kappa shape index (κ2) is 8.97. The predicted molar refractivity (Wildman–Crippen MR) is 142 cm³/mol. The molecule has 10 heteroatoms. The summed E-state index contributed by atoms with van der Waals surface area (Å²) in [6, 6.07) is 5.72. The van der Waals surface area contributed by atoms with E-state index in [1.807, 2.05) is 18.2 Å². The van der Waals surface area contributed by atoms with Gasteiger partial charge >= 0.3 is 0 Å². The first-order valence-corrected chi connectivity index (χ1v) is 12.5. The molecular weight excluding hydrogens is 547 g/mol. The van der Waals surface area contributed by atoms with Crippen molar-refractivity contribution in [3.8, 4) is 5.75 Å². The van der Waals surface area contributed by atoms with E-state index in [0.29, 0.717) is 45.6 Å². The van der Waals surface area contributed by atoms with Crippen LogP contribution in [0.4, 0.5) is 17.2 Å². The predicted octanol–water partition coefficient (Wildman–Crippen LogP) is 3.13. The summed E-state index contributed by atoms with van der Waals surface area (Å²) >= 11 is 2.15. The molecule has 1 spiro atoms. The normalized spacial score (nSPS) is 15.8. The highest BCUT2D eigenvalue weighted by Crippen LogP contribution is 2.50. The Morgan fingerprint density at radius 1 is 1.26 bits per heavy atom. The summed E-state index contributed by atoms with van der Waals surface area (Å²) in [5.41, 5.74) is 7.94. The number of anilines is 3. The van der Waals surface area contributed by atoms with Gasteiger partial charge in [-0.3, -0.25) is 9.59 Å². The average Bonchev–Trinajstić information content (AvgIpc) is 3.00. The van der Waals surface area contributed by atoms with E-state index >= 15 is 0 Å². The lowest BCUT2D eigenvalue weighted by molar-refractivity contribution is 0.0956. The van der Waals surface area contributed by atoms with Crippen LogP contribution in [0.1, 0.15) is 36.0 Å². The minimum atomic E-state index is -0.408. The fourth-order valence-corrected chi connectivity index (χ4v) is 5.61. The summed E-state index contributed by atoms with van der Waals surface area (Å²) in [7, 11) is 1.53. The zero-order chi connectivity index (χ0) is 23.9. The van der Waals surface area contributed by atoms with Gasteiger partial charge in [-0.25, -0.2) is 4.98 Å². The van der Waals surface area contributed by atoms with E-state index in [-0.39, 0.29) is 16.5 Å². The summed E-state index contributed by atoms with van der Waals surface area (Å²) in [5.74, 6) is 1.01. The highest BCUT2D eigenvalue weighted by atomic mass is 127. The Labute approximate surface area is 210 Å². The van der Waals surface area contributed by atoms with E-state index in [9.17, 15) is 9.59 Å². The molecule has 3 aromatic rings. The number of nitrogens with two attached hydrogens (primary N) is 1. The van der Waals surface area contributed by atoms with Crippen molar-refractivity contribution in [3.05, 3.63) is 49.9 Å². The number of halogens is 1. The minimum Gasteiger partial charge on any atom is -0.489 e. The van der Waals surface area contributed by atoms with Crippen LogP contribution in [0.5, 0.6) is 5.75 Å². The van der Waals surface area contributed by atoms with Crippen molar-refractivity contribution in [2.24, 2.45) is 0 Å². The Bertz CT molecular complexity index is 1320. The zero-order valence-electron chi connectivity index (χ0n) is 18.9. The summed E-state index contributed by atoms with van der Waals surface area (Å²) in [6.07, 6.45) is 7.31. The molecule has 2 aromatic heterocycles. The van der Waals surface area contributed by atoms with Gasteiger partial charge in [0.25, 0.3) is 5.91 Å². The molecule has 1 fully saturated rings. The number of nitrogen functional groups attached to an aromatic ring is 1. The lowest BCUT2D eigenvalue weighted by Crippen LogP contribution is -2.42. The molecule has 34 heavy (non-hydrogen) atoms. The van der Waals surface area contributed by atoms with Gasteiger partial charge in [0.2, 0.25) is 5.43 Å². The fraction of sp³-hybridized carbons (Fsp3) is 0.375. The van der Waals surface area contributed by atoms with E-state index < -0.39 is 5.91 Å². The van der Waals surface area contributed by atoms with Crippen molar-refractivity contribution in [1.82, 2.24) is 14.9 Å². The second-order valence-electron chi connectivity index (χ2n) is 8.72. The van der Waals surface area contributed by atoms with E-state index in [4.69, 9.17) is 10.5 Å². The smallest absolute Gasteiger partial charge is 0.256 e. The van der Waals surface area contributed by atoms with Crippen LogP contribution in [-0.2, 0) is 5.54 Å². The lowest BCUT2D eigenvalue weighted by Gasteiger charge is -2.44. The van der Waals surface area contributed by atoms with Crippen molar-refractivity contribution < 1.29 is 9.53 Å². The van der Waals surface area contributed by atoms with Crippen LogP contribution < -0.4 is 31.8 Å². The van der Waals surface area contributed by atoms with Gasteiger partial charge in [0.1, 0.15) is 11.4 Å². The van der Waals surface area contributed by atoms with Gasteiger partial charge < -0.3 is 31.0 Å². The molecule has 9 nitrogen and oxygen atoms in total. The Morgan fingerprint density at radius 3 is 2.74 bits per heavy atom. The number of hydrogen-bond acceptors (Lipinski definition) is 7. The average molecular weight is 574 g/mol. The van der Waals surface area contributed by atoms with Crippen molar-refractivity contribution in [2.45, 2.75) is 31.2 Å². The first-order chi connectivity index (χ1) is 16.5. The minimum absolute atomic E-state index is 0.108. The Morgan fingerprint density at radius 2 is 2.06 bits per heavy atom. The standard InChI is InChI=1S/C24H27IN6O3/c1-27-23(33)14-13-31-20-16(21(14)32)18(26)17(25)19(22(20)34-12-8-24(31)6-4-7-24)30-11-10-29-15-5-2-3-9-28-15/h2-3,5,9,13,30H,4,6-8,10-12,26H2,1H3,(H,27,33)(H,28,29). The molecule has 5 rings (SSSR count). The molecule has 0 unspecified atom stereocenters. The summed E-state index contributed by atoms with van der Waals surface area (Å²) in [6.45, 7) is 1.76. The van der Waals surface area contributed by atoms with E-state index in [1.54, 1.807) is 12.4 Å². The van der Waals surface area contributed by atoms with Crippen molar-refractivity contribution in [1.29, 1.82) is 0 Å². The van der Waals surface area contributed by atoms with Crippen molar-refractivity contribution in [3.63, 3.8) is 0 Å². The molecule has 1 amide bonds. The molecule has 3 heterocycles. The molecule has 0 radical (unpaired) electrons. The molecule has 1 saturated carbocycles. The highest BCUT2D eigenvalue weighted by Gasteiger charge is 2.42. The zero-order valence-corrected chi connectivity index (χ0v) is 21.1. The molecule has 1 aromatic carbocycles. The lowest BCUT2D eigenvalue weighted by atomic mass is 9.74. The molecule has 0 atom stereocenters.